The van der Waals surface area contributed by atoms with Gasteiger partial charge in [-0.2, -0.15) is 5.10 Å². The minimum absolute atomic E-state index is 0.645. The molecule has 4 nitrogen and oxygen atoms in total. The fourth-order valence-electron chi connectivity index (χ4n) is 1.66. The number of thiophene rings is 1. The average molecular weight is 321 g/mol. The van der Waals surface area contributed by atoms with E-state index < -0.39 is 0 Å². The number of aromatic nitrogens is 3. The molecule has 0 aliphatic rings. The molecule has 3 rings (SSSR count). The Labute approximate surface area is 116 Å². The normalized spacial score (nSPS) is 10.7. The fraction of sp³-hybridized carbons (Fsp3) is 0. The van der Waals surface area contributed by atoms with Gasteiger partial charge in [-0.3, -0.25) is 5.10 Å². The van der Waals surface area contributed by atoms with Crippen LogP contribution in [0.5, 0.6) is 0 Å². The molecule has 0 atom stereocenters. The summed E-state index contributed by atoms with van der Waals surface area (Å²) in [5.41, 5.74) is 7.38. The highest BCUT2D eigenvalue weighted by molar-refractivity contribution is 9.10. The number of H-pyrrole nitrogens is 1. The first-order valence-electron chi connectivity index (χ1n) is 5.25. The molecule has 1 aromatic carbocycles. The highest BCUT2D eigenvalue weighted by Crippen LogP contribution is 2.26. The quantitative estimate of drug-likeness (QED) is 0.709. The summed E-state index contributed by atoms with van der Waals surface area (Å²) in [4.78, 5) is 5.54. The van der Waals surface area contributed by atoms with Crippen LogP contribution in [0.25, 0.3) is 22.1 Å². The molecule has 18 heavy (non-hydrogen) atoms. The molecule has 0 bridgehead atoms. The molecule has 3 aromatic rings. The SMILES string of the molecule is Nc1cc(Br)cc(-c2n[nH]c(-c3cccs3)n2)c1. The number of nitrogen functional groups attached to an aromatic ring is 1. The van der Waals surface area contributed by atoms with Gasteiger partial charge in [0.2, 0.25) is 0 Å². The van der Waals surface area contributed by atoms with E-state index in [1.165, 1.54) is 0 Å². The number of aromatic amines is 1. The van der Waals surface area contributed by atoms with Gasteiger partial charge in [-0.1, -0.05) is 22.0 Å². The summed E-state index contributed by atoms with van der Waals surface area (Å²) in [6.45, 7) is 0. The number of benzene rings is 1. The maximum atomic E-state index is 5.80. The molecule has 3 N–H and O–H groups in total. The Morgan fingerprint density at radius 1 is 1.28 bits per heavy atom. The summed E-state index contributed by atoms with van der Waals surface area (Å²) in [6.07, 6.45) is 0. The molecule has 2 heterocycles. The maximum absolute atomic E-state index is 5.80. The second-order valence-electron chi connectivity index (χ2n) is 3.76. The van der Waals surface area contributed by atoms with Crippen molar-refractivity contribution < 1.29 is 0 Å². The summed E-state index contributed by atoms with van der Waals surface area (Å²) in [5, 5.41) is 9.17. The molecule has 0 saturated heterocycles. The van der Waals surface area contributed by atoms with Crippen LogP contribution >= 0.6 is 27.3 Å². The zero-order valence-corrected chi connectivity index (χ0v) is 11.6. The lowest BCUT2D eigenvalue weighted by Gasteiger charge is -1.99. The first-order valence-corrected chi connectivity index (χ1v) is 6.92. The Morgan fingerprint density at radius 2 is 2.17 bits per heavy atom. The first kappa shape index (κ1) is 11.4. The van der Waals surface area contributed by atoms with Gasteiger partial charge in [0.1, 0.15) is 0 Å². The van der Waals surface area contributed by atoms with Crippen molar-refractivity contribution in [2.24, 2.45) is 0 Å². The highest BCUT2D eigenvalue weighted by Gasteiger charge is 2.09. The van der Waals surface area contributed by atoms with Crippen molar-refractivity contribution >= 4 is 33.0 Å². The molecule has 6 heteroatoms. The van der Waals surface area contributed by atoms with E-state index in [0.29, 0.717) is 11.5 Å². The predicted molar refractivity (Wildman–Crippen MR) is 77.2 cm³/mol. The van der Waals surface area contributed by atoms with Gasteiger partial charge in [0.05, 0.1) is 4.88 Å². The summed E-state index contributed by atoms with van der Waals surface area (Å²) < 4.78 is 0.917. The van der Waals surface area contributed by atoms with E-state index in [1.54, 1.807) is 11.3 Å². The van der Waals surface area contributed by atoms with E-state index in [1.807, 2.05) is 35.7 Å². The zero-order chi connectivity index (χ0) is 12.5. The van der Waals surface area contributed by atoms with Crippen molar-refractivity contribution in [1.82, 2.24) is 15.2 Å². The van der Waals surface area contributed by atoms with Crippen molar-refractivity contribution in [1.29, 1.82) is 0 Å². The number of nitrogens with zero attached hydrogens (tertiary/aromatic N) is 2. The highest BCUT2D eigenvalue weighted by atomic mass is 79.9. The maximum Gasteiger partial charge on any atom is 0.181 e. The number of hydrogen-bond donors (Lipinski definition) is 2. The molecule has 0 amide bonds. The Bertz CT molecular complexity index is 655. The number of halogens is 1. The molecule has 0 spiro atoms. The van der Waals surface area contributed by atoms with Crippen LogP contribution in [-0.2, 0) is 0 Å². The Morgan fingerprint density at radius 3 is 2.89 bits per heavy atom. The molecule has 2 aromatic heterocycles. The number of hydrogen-bond acceptors (Lipinski definition) is 4. The molecule has 0 unspecified atom stereocenters. The largest absolute Gasteiger partial charge is 0.399 e. The fourth-order valence-corrected chi connectivity index (χ4v) is 2.83. The molecule has 0 aliphatic heterocycles. The van der Waals surface area contributed by atoms with Crippen molar-refractivity contribution in [2.75, 3.05) is 5.73 Å². The van der Waals surface area contributed by atoms with Crippen molar-refractivity contribution in [3.63, 3.8) is 0 Å². The van der Waals surface area contributed by atoms with Crippen LogP contribution in [0.15, 0.2) is 40.2 Å². The smallest absolute Gasteiger partial charge is 0.181 e. The lowest BCUT2D eigenvalue weighted by molar-refractivity contribution is 1.10. The van der Waals surface area contributed by atoms with Gasteiger partial charge in [0, 0.05) is 15.7 Å². The Hall–Kier alpha value is -1.66. The van der Waals surface area contributed by atoms with Gasteiger partial charge in [-0.25, -0.2) is 4.98 Å². The second-order valence-corrected chi connectivity index (χ2v) is 5.62. The summed E-state index contributed by atoms with van der Waals surface area (Å²) >= 11 is 5.04. The van der Waals surface area contributed by atoms with Crippen molar-refractivity contribution in [2.45, 2.75) is 0 Å². The summed E-state index contributed by atoms with van der Waals surface area (Å²) in [5.74, 6) is 1.42. The Balaban J connectivity index is 2.03. The van der Waals surface area contributed by atoms with Crippen LogP contribution in [-0.4, -0.2) is 15.2 Å². The molecular formula is C12H9BrN4S. The van der Waals surface area contributed by atoms with E-state index in [-0.39, 0.29) is 0 Å². The molecular weight excluding hydrogens is 312 g/mol. The van der Waals surface area contributed by atoms with Crippen LogP contribution < -0.4 is 5.73 Å². The van der Waals surface area contributed by atoms with Crippen LogP contribution in [0.3, 0.4) is 0 Å². The minimum atomic E-state index is 0.645. The summed E-state index contributed by atoms with van der Waals surface area (Å²) in [7, 11) is 0. The van der Waals surface area contributed by atoms with Crippen molar-refractivity contribution in [3.8, 4) is 22.1 Å². The van der Waals surface area contributed by atoms with E-state index >= 15 is 0 Å². The van der Waals surface area contributed by atoms with Gasteiger partial charge >= 0.3 is 0 Å². The molecule has 0 radical (unpaired) electrons. The number of nitrogens with two attached hydrogens (primary N) is 1. The van der Waals surface area contributed by atoms with Gasteiger partial charge in [0.15, 0.2) is 11.6 Å². The number of anilines is 1. The van der Waals surface area contributed by atoms with Gasteiger partial charge in [0.25, 0.3) is 0 Å². The van der Waals surface area contributed by atoms with Crippen LogP contribution in [0.4, 0.5) is 5.69 Å². The average Bonchev–Trinajstić information content (AvgIpc) is 2.99. The summed E-state index contributed by atoms with van der Waals surface area (Å²) in [6, 6.07) is 9.63. The van der Waals surface area contributed by atoms with E-state index in [9.17, 15) is 0 Å². The van der Waals surface area contributed by atoms with E-state index in [2.05, 4.69) is 31.1 Å². The molecule has 0 saturated carbocycles. The van der Waals surface area contributed by atoms with Crippen LogP contribution in [0.1, 0.15) is 0 Å². The van der Waals surface area contributed by atoms with Crippen LogP contribution in [0.2, 0.25) is 0 Å². The van der Waals surface area contributed by atoms with Crippen molar-refractivity contribution in [3.05, 3.63) is 40.2 Å². The third kappa shape index (κ3) is 2.16. The minimum Gasteiger partial charge on any atom is -0.399 e. The van der Waals surface area contributed by atoms with Gasteiger partial charge < -0.3 is 5.73 Å². The topological polar surface area (TPSA) is 67.6 Å². The third-order valence-electron chi connectivity index (χ3n) is 2.42. The van der Waals surface area contributed by atoms with E-state index in [4.69, 9.17) is 5.73 Å². The molecule has 0 aliphatic carbocycles. The predicted octanol–water partition coefficient (Wildman–Crippen LogP) is 3.54. The number of rotatable bonds is 2. The van der Waals surface area contributed by atoms with Gasteiger partial charge in [-0.15, -0.1) is 11.3 Å². The number of nitrogens with one attached hydrogen (secondary N) is 1. The molecule has 0 fully saturated rings. The third-order valence-corrected chi connectivity index (χ3v) is 3.75. The first-order chi connectivity index (χ1) is 8.72. The van der Waals surface area contributed by atoms with Gasteiger partial charge in [-0.05, 0) is 29.6 Å². The second kappa shape index (κ2) is 4.55. The Kier molecular flexibility index (Phi) is 2.89. The van der Waals surface area contributed by atoms with Crippen LogP contribution in [0, 0.1) is 0 Å². The van der Waals surface area contributed by atoms with E-state index in [0.717, 1.165) is 20.7 Å². The standard InChI is InChI=1S/C12H9BrN4S/c13-8-4-7(5-9(14)6-8)11-15-12(17-16-11)10-2-1-3-18-10/h1-6H,14H2,(H,15,16,17). The lowest BCUT2D eigenvalue weighted by atomic mass is 10.2. The molecule has 90 valence electrons. The zero-order valence-electron chi connectivity index (χ0n) is 9.22. The lowest BCUT2D eigenvalue weighted by Crippen LogP contribution is -1.87. The monoisotopic (exact) mass is 320 g/mol.